The van der Waals surface area contributed by atoms with E-state index < -0.39 is 82.8 Å². The molecule has 7 aromatic rings. The van der Waals surface area contributed by atoms with Crippen molar-refractivity contribution in [2.24, 2.45) is 0 Å². The highest BCUT2D eigenvalue weighted by Gasteiger charge is 2.33. The van der Waals surface area contributed by atoms with Crippen LogP contribution in [0.2, 0.25) is 0 Å². The molecule has 2 aliphatic heterocycles. The first-order chi connectivity index (χ1) is 50.7. The molecule has 16 heteroatoms. The van der Waals surface area contributed by atoms with Gasteiger partial charge in [-0.25, -0.2) is 19.2 Å². The zero-order valence-corrected chi connectivity index (χ0v) is 68.5. The van der Waals surface area contributed by atoms with Crippen molar-refractivity contribution in [1.82, 2.24) is 0 Å². The molecule has 7 aromatic carbocycles. The lowest BCUT2D eigenvalue weighted by molar-refractivity contribution is -0.146. The molecule has 0 fully saturated rings. The number of carbonyl (C=O) groups is 4. The zero-order chi connectivity index (χ0) is 78.8. The van der Waals surface area contributed by atoms with Gasteiger partial charge in [-0.15, -0.1) is 0 Å². The van der Waals surface area contributed by atoms with Gasteiger partial charge in [0, 0.05) is 38.5 Å². The van der Waals surface area contributed by atoms with E-state index in [0.717, 1.165) is 100 Å². The van der Waals surface area contributed by atoms with Gasteiger partial charge in [0.25, 0.3) is 0 Å². The van der Waals surface area contributed by atoms with E-state index in [1.807, 2.05) is 24.3 Å². The molecule has 0 amide bonds. The van der Waals surface area contributed by atoms with Gasteiger partial charge in [0.15, 0.2) is 37.9 Å². The van der Waals surface area contributed by atoms with Crippen LogP contribution >= 0.6 is 0 Å². The average Bonchev–Trinajstić information content (AvgIpc) is 0.778. The molecule has 0 aromatic heterocycles. The lowest BCUT2D eigenvalue weighted by atomic mass is 9.79. The minimum atomic E-state index is -0.531. The number of esters is 4. The molecule has 0 atom stereocenters. The second kappa shape index (κ2) is 34.6. The van der Waals surface area contributed by atoms with E-state index in [-0.39, 0.29) is 91.4 Å². The van der Waals surface area contributed by atoms with Gasteiger partial charge in [-0.2, -0.15) is 0 Å². The summed E-state index contributed by atoms with van der Waals surface area (Å²) >= 11 is 0. The first-order valence-electron chi connectivity index (χ1n) is 38.5. The minimum absolute atomic E-state index is 0.0868. The van der Waals surface area contributed by atoms with Gasteiger partial charge in [0.1, 0.15) is 60.9 Å². The Morgan fingerprint density at radius 1 is 0.278 bits per heavy atom. The molecular weight excluding hydrogens is 1360 g/mol. The fourth-order valence-corrected chi connectivity index (χ4v) is 13.7. The van der Waals surface area contributed by atoms with Crippen LogP contribution in [0, 0.1) is 0 Å². The molecule has 0 unspecified atom stereocenters. The van der Waals surface area contributed by atoms with Crippen molar-refractivity contribution in [3.63, 3.8) is 0 Å². The number of carbonyl (C=O) groups excluding carboxylic acids is 4. The maximum absolute atomic E-state index is 13.9. The van der Waals surface area contributed by atoms with Gasteiger partial charge >= 0.3 is 23.9 Å². The van der Waals surface area contributed by atoms with E-state index in [9.17, 15) is 19.2 Å². The summed E-state index contributed by atoms with van der Waals surface area (Å²) in [4.78, 5) is 55.6. The summed E-state index contributed by atoms with van der Waals surface area (Å²) in [5.74, 6) is 2.00. The minimum Gasteiger partial charge on any atom is -0.489 e. The highest BCUT2D eigenvalue weighted by molar-refractivity contribution is 5.74. The van der Waals surface area contributed by atoms with Crippen LogP contribution in [0.3, 0.4) is 0 Å². The molecule has 16 nitrogen and oxygen atoms in total. The fourth-order valence-electron chi connectivity index (χ4n) is 13.7. The number of benzene rings is 7. The lowest BCUT2D eigenvalue weighted by Crippen LogP contribution is -2.20. The predicted molar refractivity (Wildman–Crippen MR) is 425 cm³/mol. The second-order valence-corrected chi connectivity index (χ2v) is 34.5. The summed E-state index contributed by atoms with van der Waals surface area (Å²) in [5.41, 5.74) is 12.9. The third-order valence-electron chi connectivity index (χ3n) is 19.5. The van der Waals surface area contributed by atoms with E-state index in [1.54, 1.807) is 27.7 Å². The Bertz CT molecular complexity index is 3870. The molecular formula is C92H118O16. The van der Waals surface area contributed by atoms with Crippen molar-refractivity contribution in [2.45, 2.75) is 223 Å². The third-order valence-corrected chi connectivity index (χ3v) is 19.5. The normalized spacial score (nSPS) is 13.8. The van der Waals surface area contributed by atoms with Crippen LogP contribution in [0.5, 0.6) is 46.0 Å². The van der Waals surface area contributed by atoms with Crippen molar-refractivity contribution < 1.29 is 76.0 Å². The molecule has 9 rings (SSSR count). The monoisotopic (exact) mass is 1480 g/mol. The smallest absolute Gasteiger partial charge is 0.344 e. The number of rotatable bonds is 16. The number of para-hydroxylation sites is 2. The Balaban J connectivity index is 1.54. The summed E-state index contributed by atoms with van der Waals surface area (Å²) < 4.78 is 78.8. The zero-order valence-electron chi connectivity index (χ0n) is 68.5. The SMILES string of the molecule is CCOC(=O)COc1c2cc(C(C)(C)C)cc1Cc1cc(C(C)(C)C)cc(c1OCC(=O)OCC)Cc1cc(C(C)(C)C)cc3c1OCCOc1ccccc1OCCOc1c(cc(C(C)(C)C)cc1Cc1cc(C(C)(C)C)cc(c1OCC(=O)OCC)Cc1cc(C(C)(C)C)cc(c1OCC(=O)OCC)C3)C2. The first kappa shape index (κ1) is 82.9. The maximum atomic E-state index is 13.9. The number of hydrogen-bond donors (Lipinski definition) is 0. The Morgan fingerprint density at radius 3 is 0.639 bits per heavy atom. The van der Waals surface area contributed by atoms with Crippen LogP contribution in [0.25, 0.3) is 0 Å². The number of ether oxygens (including phenoxy) is 12. The van der Waals surface area contributed by atoms with Crippen molar-refractivity contribution in [1.29, 1.82) is 0 Å². The van der Waals surface area contributed by atoms with Crippen molar-refractivity contribution in [3.8, 4) is 46.0 Å². The van der Waals surface area contributed by atoms with Crippen LogP contribution in [0.1, 0.15) is 252 Å². The standard InChI is InChI=1S/C92H118O16/c1-23-97-77(93)53-105-83-61-35-57-41-69(87(5,6)7)42-58-36-63-47-73(91(17,18)19)51-67(85(63)107-55-79(95)99-25-3)40-68-52-74(92(20,21)22)48-64(86(68)108-56-80(96)100-26-4)38-60-44-70(88(8,9)10)43-59(82(60)104-34-32-102-76-30-28-27-29-75(76)101-31-33-103-81(57)58)37-62-46-72(90(14,15)16)50-66(84(62)106-54-78(94)98-24-2)39-65(83)49-71(45-61)89(11,12)13/h27-30,41-52H,23-26,31-40,53-56H2,1-22H3. The lowest BCUT2D eigenvalue weighted by Gasteiger charge is -2.29. The molecule has 2 aliphatic rings. The summed E-state index contributed by atoms with van der Waals surface area (Å²) in [6.45, 7) is 46.0. The van der Waals surface area contributed by atoms with Gasteiger partial charge in [-0.1, -0.05) is 210 Å². The fraction of sp³-hybridized carbons (Fsp3) is 0.500. The van der Waals surface area contributed by atoms with Crippen LogP contribution in [-0.4, -0.2) is 103 Å². The van der Waals surface area contributed by atoms with Gasteiger partial charge < -0.3 is 56.8 Å². The first-order valence-corrected chi connectivity index (χ1v) is 38.5. The Morgan fingerprint density at radius 2 is 0.454 bits per heavy atom. The topological polar surface area (TPSA) is 179 Å². The van der Waals surface area contributed by atoms with Gasteiger partial charge in [0.05, 0.1) is 26.4 Å². The largest absolute Gasteiger partial charge is 0.489 e. The molecule has 0 radical (unpaired) electrons. The van der Waals surface area contributed by atoms with Crippen molar-refractivity contribution in [2.75, 3.05) is 79.3 Å². The van der Waals surface area contributed by atoms with E-state index in [0.29, 0.717) is 46.0 Å². The quantitative estimate of drug-likeness (QED) is 0.0658. The van der Waals surface area contributed by atoms with Gasteiger partial charge in [-0.3, -0.25) is 0 Å². The van der Waals surface area contributed by atoms with Gasteiger partial charge in [0.2, 0.25) is 0 Å². The molecule has 582 valence electrons. The maximum Gasteiger partial charge on any atom is 0.344 e. The Kier molecular flexibility index (Phi) is 26.5. The van der Waals surface area contributed by atoms with Crippen LogP contribution in [-0.2, 0) is 109 Å². The molecule has 2 heterocycles. The molecule has 10 bridgehead atoms. The molecule has 0 aliphatic carbocycles. The summed E-state index contributed by atoms with van der Waals surface area (Å²) in [6.07, 6.45) is 1.41. The molecule has 0 N–H and O–H groups in total. The third kappa shape index (κ3) is 21.4. The van der Waals surface area contributed by atoms with E-state index in [4.69, 9.17) is 56.8 Å². The summed E-state index contributed by atoms with van der Waals surface area (Å²) in [5, 5.41) is 0. The van der Waals surface area contributed by atoms with E-state index in [1.165, 1.54) is 0 Å². The number of hydrogen-bond acceptors (Lipinski definition) is 16. The van der Waals surface area contributed by atoms with Crippen LogP contribution < -0.4 is 37.9 Å². The highest BCUT2D eigenvalue weighted by Crippen LogP contribution is 2.47. The predicted octanol–water partition coefficient (Wildman–Crippen LogP) is 18.3. The van der Waals surface area contributed by atoms with Crippen molar-refractivity contribution >= 4 is 23.9 Å². The molecule has 0 saturated carbocycles. The number of fused-ring (bicyclic) bond motifs is 14. The van der Waals surface area contributed by atoms with Gasteiger partial charge in [-0.05, 0) is 172 Å². The Labute approximate surface area is 642 Å². The van der Waals surface area contributed by atoms with E-state index in [2.05, 4.69) is 197 Å². The Hall–Kier alpha value is -9.18. The van der Waals surface area contributed by atoms with Crippen LogP contribution in [0.15, 0.2) is 97.1 Å². The van der Waals surface area contributed by atoms with Crippen LogP contribution in [0.4, 0.5) is 0 Å². The second-order valence-electron chi connectivity index (χ2n) is 34.5. The van der Waals surface area contributed by atoms with Crippen molar-refractivity contribution in [3.05, 3.63) is 197 Å². The summed E-state index contributed by atoms with van der Waals surface area (Å²) in [6, 6.07) is 33.9. The van der Waals surface area contributed by atoms with E-state index >= 15 is 0 Å². The molecule has 0 saturated heterocycles. The average molecular weight is 1480 g/mol. The molecule has 108 heavy (non-hydrogen) atoms. The highest BCUT2D eigenvalue weighted by atomic mass is 16.6. The summed E-state index contributed by atoms with van der Waals surface area (Å²) in [7, 11) is 0. The molecule has 0 spiro atoms.